The minimum absolute atomic E-state index is 0.151. The molecule has 0 radical (unpaired) electrons. The molecular weight excluding hydrogens is 356 g/mol. The molecule has 0 saturated carbocycles. The van der Waals surface area contributed by atoms with Crippen molar-refractivity contribution in [1.29, 1.82) is 0 Å². The number of benzene rings is 2. The Bertz CT molecular complexity index is 789. The van der Waals surface area contributed by atoms with Gasteiger partial charge >= 0.3 is 0 Å². The first-order valence-corrected chi connectivity index (χ1v) is 9.34. The van der Waals surface area contributed by atoms with E-state index >= 15 is 0 Å². The number of carbonyl (C=O) groups is 2. The lowest BCUT2D eigenvalue weighted by Crippen LogP contribution is -2.49. The van der Waals surface area contributed by atoms with Gasteiger partial charge in [0.05, 0.1) is 7.11 Å². The van der Waals surface area contributed by atoms with E-state index in [9.17, 15) is 9.59 Å². The average molecular weight is 384 g/mol. The maximum Gasteiger partial charge on any atom is 0.261 e. The molecule has 0 bridgehead atoms. The number of methoxy groups -OCH3 is 1. The summed E-state index contributed by atoms with van der Waals surface area (Å²) in [6.07, 6.45) is 0. The smallest absolute Gasteiger partial charge is 0.261 e. The van der Waals surface area contributed by atoms with E-state index < -0.39 is 6.04 Å². The standard InChI is InChI=1S/C22H28N2O4/c1-5-23-22(26)17(3)24(14-18-8-6-7-16(2)13-18)21(25)15-28-20-11-9-19(27-4)10-12-20/h6-13,17H,5,14-15H2,1-4H3,(H,23,26). The molecule has 0 spiro atoms. The molecule has 0 aliphatic carbocycles. The zero-order valence-electron chi connectivity index (χ0n) is 16.9. The van der Waals surface area contributed by atoms with E-state index in [1.807, 2.05) is 38.1 Å². The first-order valence-electron chi connectivity index (χ1n) is 9.34. The topological polar surface area (TPSA) is 67.9 Å². The van der Waals surface area contributed by atoms with Gasteiger partial charge in [0.15, 0.2) is 6.61 Å². The summed E-state index contributed by atoms with van der Waals surface area (Å²) in [7, 11) is 1.59. The lowest BCUT2D eigenvalue weighted by Gasteiger charge is -2.28. The lowest BCUT2D eigenvalue weighted by molar-refractivity contribution is -0.142. The van der Waals surface area contributed by atoms with Crippen LogP contribution in [0.1, 0.15) is 25.0 Å². The molecule has 0 aliphatic heterocycles. The Hall–Kier alpha value is -3.02. The Morgan fingerprint density at radius 3 is 2.39 bits per heavy atom. The SMILES string of the molecule is CCNC(=O)C(C)N(Cc1cccc(C)c1)C(=O)COc1ccc(OC)cc1. The van der Waals surface area contributed by atoms with Gasteiger partial charge in [0, 0.05) is 13.1 Å². The summed E-state index contributed by atoms with van der Waals surface area (Å²) in [5.74, 6) is 0.837. The van der Waals surface area contributed by atoms with Crippen LogP contribution in [0.2, 0.25) is 0 Å². The van der Waals surface area contributed by atoms with E-state index in [0.29, 0.717) is 24.6 Å². The van der Waals surface area contributed by atoms with Crippen LogP contribution in [0.25, 0.3) is 0 Å². The number of carbonyl (C=O) groups excluding carboxylic acids is 2. The fourth-order valence-electron chi connectivity index (χ4n) is 2.81. The van der Waals surface area contributed by atoms with Crippen LogP contribution < -0.4 is 14.8 Å². The van der Waals surface area contributed by atoms with Crippen molar-refractivity contribution in [1.82, 2.24) is 10.2 Å². The van der Waals surface area contributed by atoms with Crippen LogP contribution in [0.15, 0.2) is 48.5 Å². The Morgan fingerprint density at radius 2 is 1.79 bits per heavy atom. The monoisotopic (exact) mass is 384 g/mol. The maximum atomic E-state index is 12.9. The number of rotatable bonds is 9. The second-order valence-corrected chi connectivity index (χ2v) is 6.55. The Kier molecular flexibility index (Phi) is 7.87. The van der Waals surface area contributed by atoms with Crippen molar-refractivity contribution in [3.8, 4) is 11.5 Å². The predicted octanol–water partition coefficient (Wildman–Crippen LogP) is 2.94. The Labute approximate surface area is 166 Å². The van der Waals surface area contributed by atoms with E-state index in [2.05, 4.69) is 5.32 Å². The molecule has 28 heavy (non-hydrogen) atoms. The number of amides is 2. The minimum atomic E-state index is -0.604. The number of nitrogens with one attached hydrogen (secondary N) is 1. The number of hydrogen-bond acceptors (Lipinski definition) is 4. The van der Waals surface area contributed by atoms with Crippen molar-refractivity contribution in [2.75, 3.05) is 20.3 Å². The van der Waals surface area contributed by atoms with Crippen LogP contribution in [0.5, 0.6) is 11.5 Å². The highest BCUT2D eigenvalue weighted by Gasteiger charge is 2.26. The van der Waals surface area contributed by atoms with Gasteiger partial charge in [-0.3, -0.25) is 9.59 Å². The fourth-order valence-corrected chi connectivity index (χ4v) is 2.81. The van der Waals surface area contributed by atoms with E-state index in [1.165, 1.54) is 0 Å². The quantitative estimate of drug-likeness (QED) is 0.722. The van der Waals surface area contributed by atoms with Crippen molar-refractivity contribution >= 4 is 11.8 Å². The molecule has 2 aromatic rings. The summed E-state index contributed by atoms with van der Waals surface area (Å²) < 4.78 is 10.7. The van der Waals surface area contributed by atoms with E-state index in [-0.39, 0.29) is 18.4 Å². The summed E-state index contributed by atoms with van der Waals surface area (Å²) in [6.45, 7) is 6.27. The average Bonchev–Trinajstić information content (AvgIpc) is 2.70. The fraction of sp³-hybridized carbons (Fsp3) is 0.364. The van der Waals surface area contributed by atoms with Crippen molar-refractivity contribution in [3.05, 3.63) is 59.7 Å². The number of aryl methyl sites for hydroxylation is 1. The number of ether oxygens (including phenoxy) is 2. The second kappa shape index (κ2) is 10.3. The predicted molar refractivity (Wildman–Crippen MR) is 108 cm³/mol. The molecule has 6 nitrogen and oxygen atoms in total. The molecule has 1 atom stereocenters. The van der Waals surface area contributed by atoms with Crippen LogP contribution in [-0.2, 0) is 16.1 Å². The van der Waals surface area contributed by atoms with Crippen molar-refractivity contribution in [3.63, 3.8) is 0 Å². The third-order valence-corrected chi connectivity index (χ3v) is 4.38. The first-order chi connectivity index (χ1) is 13.4. The summed E-state index contributed by atoms with van der Waals surface area (Å²) in [4.78, 5) is 26.8. The highest BCUT2D eigenvalue weighted by atomic mass is 16.5. The molecule has 2 amide bonds. The molecule has 0 heterocycles. The molecule has 0 saturated heterocycles. The summed E-state index contributed by atoms with van der Waals surface area (Å²) in [6, 6.07) is 14.3. The number of likely N-dealkylation sites (N-methyl/N-ethyl adjacent to an activating group) is 1. The third-order valence-electron chi connectivity index (χ3n) is 4.38. The van der Waals surface area contributed by atoms with Gasteiger partial charge in [-0.2, -0.15) is 0 Å². The van der Waals surface area contributed by atoms with E-state index in [0.717, 1.165) is 11.1 Å². The molecule has 0 aromatic heterocycles. The van der Waals surface area contributed by atoms with Crippen LogP contribution >= 0.6 is 0 Å². The molecule has 0 aliphatic rings. The van der Waals surface area contributed by atoms with Gasteiger partial charge in [0.1, 0.15) is 17.5 Å². The van der Waals surface area contributed by atoms with Crippen LogP contribution in [-0.4, -0.2) is 43.0 Å². The zero-order valence-corrected chi connectivity index (χ0v) is 16.9. The summed E-state index contributed by atoms with van der Waals surface area (Å²) in [5, 5.41) is 2.78. The second-order valence-electron chi connectivity index (χ2n) is 6.55. The first kappa shape index (κ1) is 21.3. The van der Waals surface area contributed by atoms with Gasteiger partial charge in [-0.15, -0.1) is 0 Å². The van der Waals surface area contributed by atoms with Gasteiger partial charge in [-0.1, -0.05) is 29.8 Å². The van der Waals surface area contributed by atoms with Gasteiger partial charge < -0.3 is 19.7 Å². The Morgan fingerprint density at radius 1 is 1.11 bits per heavy atom. The molecule has 0 fully saturated rings. The molecule has 2 rings (SSSR count). The molecule has 6 heteroatoms. The van der Waals surface area contributed by atoms with Crippen LogP contribution in [0.3, 0.4) is 0 Å². The van der Waals surface area contributed by atoms with Gasteiger partial charge in [0.25, 0.3) is 5.91 Å². The molecule has 150 valence electrons. The third kappa shape index (κ3) is 6.01. The van der Waals surface area contributed by atoms with Gasteiger partial charge in [-0.25, -0.2) is 0 Å². The van der Waals surface area contributed by atoms with Gasteiger partial charge in [0.2, 0.25) is 5.91 Å². The van der Waals surface area contributed by atoms with E-state index in [1.54, 1.807) is 43.2 Å². The van der Waals surface area contributed by atoms with Crippen molar-refractivity contribution in [2.45, 2.75) is 33.4 Å². The highest BCUT2D eigenvalue weighted by Crippen LogP contribution is 2.18. The number of hydrogen-bond donors (Lipinski definition) is 1. The maximum absolute atomic E-state index is 12.9. The zero-order chi connectivity index (χ0) is 20.5. The van der Waals surface area contributed by atoms with Crippen LogP contribution in [0.4, 0.5) is 0 Å². The molecule has 1 unspecified atom stereocenters. The normalized spacial score (nSPS) is 11.4. The van der Waals surface area contributed by atoms with Crippen LogP contribution in [0, 0.1) is 6.92 Å². The number of nitrogens with zero attached hydrogens (tertiary/aromatic N) is 1. The largest absolute Gasteiger partial charge is 0.497 e. The molecule has 2 aromatic carbocycles. The lowest BCUT2D eigenvalue weighted by atomic mass is 10.1. The highest BCUT2D eigenvalue weighted by molar-refractivity contribution is 5.87. The van der Waals surface area contributed by atoms with E-state index in [4.69, 9.17) is 9.47 Å². The van der Waals surface area contributed by atoms with Crippen molar-refractivity contribution in [2.24, 2.45) is 0 Å². The summed E-state index contributed by atoms with van der Waals surface area (Å²) in [5.41, 5.74) is 2.07. The Balaban J connectivity index is 2.11. The van der Waals surface area contributed by atoms with Gasteiger partial charge in [-0.05, 0) is 50.6 Å². The minimum Gasteiger partial charge on any atom is -0.497 e. The molecular formula is C22H28N2O4. The van der Waals surface area contributed by atoms with Crippen molar-refractivity contribution < 1.29 is 19.1 Å². The summed E-state index contributed by atoms with van der Waals surface area (Å²) >= 11 is 0. The molecule has 1 N–H and O–H groups in total.